The van der Waals surface area contributed by atoms with E-state index in [-0.39, 0.29) is 0 Å². The molecule has 0 atom stereocenters. The summed E-state index contributed by atoms with van der Waals surface area (Å²) in [6.45, 7) is 0. The molecule has 0 amide bonds. The first-order chi connectivity index (χ1) is 8.11. The molecule has 108 valence electrons. The second kappa shape index (κ2) is 8.48. The molecule has 0 nitrogen and oxygen atoms in total. The van der Waals surface area contributed by atoms with Crippen LogP contribution >= 0.6 is 69.6 Å². The van der Waals surface area contributed by atoms with Gasteiger partial charge in [-0.1, -0.05) is 0 Å². The van der Waals surface area contributed by atoms with Crippen LogP contribution < -0.4 is 0 Å². The summed E-state index contributed by atoms with van der Waals surface area (Å²) in [7, 11) is 0. The Hall–Kier alpha value is 1.20. The molecule has 1 saturated carbocycles. The van der Waals surface area contributed by atoms with E-state index in [2.05, 4.69) is 0 Å². The molecule has 0 saturated heterocycles. The van der Waals surface area contributed by atoms with Crippen molar-refractivity contribution >= 4 is 69.6 Å². The summed E-state index contributed by atoms with van der Waals surface area (Å²) in [5.41, 5.74) is 0. The molecule has 0 heterocycles. The largest absolute Gasteiger partial charge is 0.334 e. The van der Waals surface area contributed by atoms with E-state index in [1.54, 1.807) is 0 Å². The minimum atomic E-state index is -2.91. The second-order valence-corrected chi connectivity index (χ2v) is 6.21. The molecule has 1 aliphatic carbocycles. The predicted octanol–water partition coefficient (Wildman–Crippen LogP) is 5.64. The highest BCUT2D eigenvalue weighted by atomic mass is 35.5. The molecule has 1 rings (SSSR count). The molecule has 0 unspecified atom stereocenters. The van der Waals surface area contributed by atoms with Gasteiger partial charge in [-0.05, 0) is 0 Å². The summed E-state index contributed by atoms with van der Waals surface area (Å²) in [5, 5.41) is -2.62. The molecule has 0 N–H and O–H groups in total. The lowest BCUT2D eigenvalue weighted by Gasteiger charge is -2.37. The molecule has 0 aromatic carbocycles. The van der Waals surface area contributed by atoms with Crippen LogP contribution in [0.25, 0.3) is 0 Å². The molecular weight excluding hydrogens is 385 g/mol. The van der Waals surface area contributed by atoms with Gasteiger partial charge in [0.05, 0.1) is 32.3 Å². The van der Waals surface area contributed by atoms with E-state index in [0.29, 0.717) is 0 Å². The fourth-order valence-electron chi connectivity index (χ4n) is 1.05. The van der Waals surface area contributed by atoms with Gasteiger partial charge in [-0.3, -0.25) is 0 Å². The lowest BCUT2D eigenvalue weighted by atomic mass is 9.97. The summed E-state index contributed by atoms with van der Waals surface area (Å²) in [6, 6.07) is 0. The first-order valence-electron chi connectivity index (χ1n) is 4.32. The van der Waals surface area contributed by atoms with Gasteiger partial charge in [-0.25, -0.2) is 0 Å². The van der Waals surface area contributed by atoms with Crippen molar-refractivity contribution in [3.05, 3.63) is 12.2 Å². The third-order valence-electron chi connectivity index (χ3n) is 1.97. The first kappa shape index (κ1) is 19.2. The molecule has 18 heavy (non-hydrogen) atoms. The van der Waals surface area contributed by atoms with E-state index in [4.69, 9.17) is 69.6 Å². The van der Waals surface area contributed by atoms with Gasteiger partial charge < -0.3 is 0 Å². The number of rotatable bonds is 0. The Morgan fingerprint density at radius 2 is 0.556 bits per heavy atom. The highest BCUT2D eigenvalue weighted by Crippen LogP contribution is 2.39. The van der Waals surface area contributed by atoms with Crippen molar-refractivity contribution in [2.75, 3.05) is 0 Å². The Balaban J connectivity index is 0.000000411. The molecule has 1 fully saturated rings. The molecule has 10 heteroatoms. The monoisotopic (exact) mass is 388 g/mol. The minimum absolute atomic E-state index is 0.437. The highest BCUT2D eigenvalue weighted by molar-refractivity contribution is 6.45. The topological polar surface area (TPSA) is 0 Å². The van der Waals surface area contributed by atoms with Crippen LogP contribution in [0.15, 0.2) is 12.2 Å². The highest BCUT2D eigenvalue weighted by Gasteiger charge is 2.46. The standard InChI is InChI=1S/C6H6Cl6.C2F4/c7-1-2(8)4(10)6(12)5(11)3(1)9;3-1(4)2(5)6/h1-6H;. The van der Waals surface area contributed by atoms with Crippen molar-refractivity contribution in [2.24, 2.45) is 0 Å². The quantitative estimate of drug-likeness (QED) is 0.371. The minimum Gasteiger partial charge on any atom is -0.167 e. The van der Waals surface area contributed by atoms with E-state index in [1.165, 1.54) is 0 Å². The van der Waals surface area contributed by atoms with E-state index in [9.17, 15) is 17.6 Å². The fourth-order valence-corrected chi connectivity index (χ4v) is 3.38. The summed E-state index contributed by atoms with van der Waals surface area (Å²) in [5.74, 6) is 0. The van der Waals surface area contributed by atoms with Gasteiger partial charge >= 0.3 is 12.2 Å². The van der Waals surface area contributed by atoms with Gasteiger partial charge in [0.25, 0.3) is 0 Å². The van der Waals surface area contributed by atoms with Crippen molar-refractivity contribution in [1.29, 1.82) is 0 Å². The van der Waals surface area contributed by atoms with Gasteiger partial charge in [-0.15, -0.1) is 69.6 Å². The van der Waals surface area contributed by atoms with Crippen LogP contribution in [0.3, 0.4) is 0 Å². The predicted molar refractivity (Wildman–Crippen MR) is 69.3 cm³/mol. The Morgan fingerprint density at radius 1 is 0.444 bits per heavy atom. The van der Waals surface area contributed by atoms with Crippen LogP contribution in [-0.2, 0) is 0 Å². The number of alkyl halides is 6. The van der Waals surface area contributed by atoms with Crippen molar-refractivity contribution in [2.45, 2.75) is 32.3 Å². The van der Waals surface area contributed by atoms with Crippen LogP contribution in [-0.4, -0.2) is 32.3 Å². The zero-order chi connectivity index (χ0) is 14.6. The van der Waals surface area contributed by atoms with E-state index in [1.807, 2.05) is 0 Å². The molecule has 0 bridgehead atoms. The van der Waals surface area contributed by atoms with Crippen LogP contribution in [0.1, 0.15) is 0 Å². The van der Waals surface area contributed by atoms with E-state index < -0.39 is 44.4 Å². The van der Waals surface area contributed by atoms with Gasteiger partial charge in [0.1, 0.15) is 0 Å². The normalized spacial score (nSPS) is 39.7. The molecule has 0 aliphatic heterocycles. The molecule has 0 aromatic rings. The molecule has 0 aromatic heterocycles. The maximum atomic E-state index is 10.3. The summed E-state index contributed by atoms with van der Waals surface area (Å²) in [6.07, 6.45) is -5.81. The van der Waals surface area contributed by atoms with Crippen LogP contribution in [0.2, 0.25) is 0 Å². The van der Waals surface area contributed by atoms with Crippen LogP contribution in [0.4, 0.5) is 17.6 Å². The zero-order valence-corrected chi connectivity index (χ0v) is 12.8. The average molecular weight is 391 g/mol. The van der Waals surface area contributed by atoms with Gasteiger partial charge in [-0.2, -0.15) is 17.6 Å². The lowest BCUT2D eigenvalue weighted by molar-refractivity contribution is 0.308. The zero-order valence-electron chi connectivity index (χ0n) is 8.24. The Kier molecular flexibility index (Phi) is 9.04. The van der Waals surface area contributed by atoms with Crippen molar-refractivity contribution in [3.8, 4) is 0 Å². The average Bonchev–Trinajstić information content (AvgIpc) is 2.32. The molecule has 0 radical (unpaired) electrons. The third-order valence-corrected chi connectivity index (χ3v) is 6.00. The SMILES string of the molecule is ClC1C(Cl)C(Cl)C(Cl)C(Cl)C1Cl.FC(F)=C(F)F. The van der Waals surface area contributed by atoms with Gasteiger partial charge in [0, 0.05) is 0 Å². The van der Waals surface area contributed by atoms with Crippen molar-refractivity contribution < 1.29 is 17.6 Å². The van der Waals surface area contributed by atoms with Gasteiger partial charge in [0.2, 0.25) is 0 Å². The third kappa shape index (κ3) is 5.29. The fraction of sp³-hybridized carbons (Fsp3) is 0.750. The van der Waals surface area contributed by atoms with Crippen molar-refractivity contribution in [1.82, 2.24) is 0 Å². The first-order valence-corrected chi connectivity index (χ1v) is 6.93. The molecular formula is C8H6Cl6F4. The molecule has 1 aliphatic rings. The Labute approximate surface area is 131 Å². The number of halogens is 10. The Bertz CT molecular complexity index is 225. The summed E-state index contributed by atoms with van der Waals surface area (Å²) < 4.78 is 41.1. The summed E-state index contributed by atoms with van der Waals surface area (Å²) in [4.78, 5) is 0. The summed E-state index contributed by atoms with van der Waals surface area (Å²) >= 11 is 35.3. The van der Waals surface area contributed by atoms with E-state index in [0.717, 1.165) is 0 Å². The van der Waals surface area contributed by atoms with Gasteiger partial charge in [0.15, 0.2) is 0 Å². The Morgan fingerprint density at radius 3 is 0.611 bits per heavy atom. The maximum Gasteiger partial charge on any atom is 0.334 e. The number of hydrogen-bond donors (Lipinski definition) is 0. The van der Waals surface area contributed by atoms with E-state index >= 15 is 0 Å². The molecule has 0 spiro atoms. The lowest BCUT2D eigenvalue weighted by Crippen LogP contribution is -2.52. The van der Waals surface area contributed by atoms with Crippen LogP contribution in [0.5, 0.6) is 0 Å². The smallest absolute Gasteiger partial charge is 0.167 e. The second-order valence-electron chi connectivity index (χ2n) is 3.19. The van der Waals surface area contributed by atoms with Crippen molar-refractivity contribution in [3.63, 3.8) is 0 Å². The maximum absolute atomic E-state index is 10.3. The number of hydrogen-bond acceptors (Lipinski definition) is 0. The van der Waals surface area contributed by atoms with Crippen LogP contribution in [0, 0.1) is 0 Å².